The molecule has 1 N–H and O–H groups in total. The summed E-state index contributed by atoms with van der Waals surface area (Å²) < 4.78 is 1.77. The number of aryl methyl sites for hydroxylation is 1. The van der Waals surface area contributed by atoms with Gasteiger partial charge in [0.2, 0.25) is 5.91 Å². The molecule has 0 aliphatic carbocycles. The molecule has 1 aromatic heterocycles. The van der Waals surface area contributed by atoms with Gasteiger partial charge < -0.3 is 10.2 Å². The topological polar surface area (TPSA) is 67.2 Å². The normalized spacial score (nSPS) is 13.9. The van der Waals surface area contributed by atoms with Crippen molar-refractivity contribution in [3.05, 3.63) is 51.8 Å². The van der Waals surface area contributed by atoms with E-state index in [0.29, 0.717) is 22.8 Å². The van der Waals surface area contributed by atoms with E-state index >= 15 is 0 Å². The van der Waals surface area contributed by atoms with E-state index in [4.69, 9.17) is 11.6 Å². The Morgan fingerprint density at radius 1 is 1.19 bits per heavy atom. The lowest BCUT2D eigenvalue weighted by Crippen LogP contribution is -2.38. The van der Waals surface area contributed by atoms with Gasteiger partial charge in [-0.15, -0.1) is 0 Å². The molecule has 0 bridgehead atoms. The van der Waals surface area contributed by atoms with E-state index in [1.807, 2.05) is 31.2 Å². The standard InChI is InChI=1S/C19H23ClN4O2/c1-13-18(19(26)21-11-17(25)23-9-5-6-10-23)14(2)24(22-13)12-15-7-3-4-8-16(15)20/h3-4,7-8H,5-6,9-12H2,1-2H3,(H,21,26). The Morgan fingerprint density at radius 2 is 1.88 bits per heavy atom. The summed E-state index contributed by atoms with van der Waals surface area (Å²) in [6.45, 7) is 5.73. The van der Waals surface area contributed by atoms with Crippen molar-refractivity contribution in [2.75, 3.05) is 19.6 Å². The molecule has 1 aliphatic rings. The molecule has 1 aliphatic heterocycles. The van der Waals surface area contributed by atoms with Crippen LogP contribution in [0.5, 0.6) is 0 Å². The van der Waals surface area contributed by atoms with Crippen LogP contribution in [0, 0.1) is 13.8 Å². The third kappa shape index (κ3) is 3.90. The molecule has 3 rings (SSSR count). The summed E-state index contributed by atoms with van der Waals surface area (Å²) in [6.07, 6.45) is 2.07. The number of hydrogen-bond donors (Lipinski definition) is 1. The van der Waals surface area contributed by atoms with E-state index in [0.717, 1.165) is 37.2 Å². The maximum atomic E-state index is 12.6. The van der Waals surface area contributed by atoms with Crippen LogP contribution >= 0.6 is 11.6 Å². The van der Waals surface area contributed by atoms with E-state index in [9.17, 15) is 9.59 Å². The second-order valence-electron chi connectivity index (χ2n) is 6.57. The average molecular weight is 375 g/mol. The minimum atomic E-state index is -0.266. The lowest BCUT2D eigenvalue weighted by molar-refractivity contribution is -0.129. The van der Waals surface area contributed by atoms with Crippen molar-refractivity contribution in [1.29, 1.82) is 0 Å². The minimum Gasteiger partial charge on any atom is -0.343 e. The molecule has 0 atom stereocenters. The number of hydrogen-bond acceptors (Lipinski definition) is 3. The highest BCUT2D eigenvalue weighted by Gasteiger charge is 2.22. The summed E-state index contributed by atoms with van der Waals surface area (Å²) in [5.41, 5.74) is 2.86. The van der Waals surface area contributed by atoms with Crippen LogP contribution in [0.15, 0.2) is 24.3 Å². The number of nitrogens with zero attached hydrogens (tertiary/aromatic N) is 3. The number of halogens is 1. The van der Waals surface area contributed by atoms with Crippen molar-refractivity contribution in [2.45, 2.75) is 33.2 Å². The van der Waals surface area contributed by atoms with Gasteiger partial charge >= 0.3 is 0 Å². The predicted molar refractivity (Wildman–Crippen MR) is 100 cm³/mol. The molecular weight excluding hydrogens is 352 g/mol. The highest BCUT2D eigenvalue weighted by Crippen LogP contribution is 2.19. The largest absolute Gasteiger partial charge is 0.343 e. The molecule has 0 radical (unpaired) electrons. The monoisotopic (exact) mass is 374 g/mol. The van der Waals surface area contributed by atoms with Gasteiger partial charge in [0.15, 0.2) is 0 Å². The molecule has 26 heavy (non-hydrogen) atoms. The summed E-state index contributed by atoms with van der Waals surface area (Å²) in [6, 6.07) is 7.57. The first kappa shape index (κ1) is 18.5. The molecule has 0 spiro atoms. The Kier molecular flexibility index (Phi) is 5.61. The Morgan fingerprint density at radius 3 is 2.58 bits per heavy atom. The number of benzene rings is 1. The Balaban J connectivity index is 1.69. The van der Waals surface area contributed by atoms with E-state index in [-0.39, 0.29) is 18.4 Å². The second-order valence-corrected chi connectivity index (χ2v) is 6.97. The average Bonchev–Trinajstić information content (AvgIpc) is 3.24. The Hall–Kier alpha value is -2.34. The van der Waals surface area contributed by atoms with Gasteiger partial charge in [-0.1, -0.05) is 29.8 Å². The number of carbonyl (C=O) groups is 2. The molecule has 0 saturated carbocycles. The number of likely N-dealkylation sites (tertiary alicyclic amines) is 1. The lowest BCUT2D eigenvalue weighted by Gasteiger charge is -2.15. The SMILES string of the molecule is Cc1nn(Cc2ccccc2Cl)c(C)c1C(=O)NCC(=O)N1CCCC1. The zero-order valence-corrected chi connectivity index (χ0v) is 15.8. The number of aromatic nitrogens is 2. The van der Waals surface area contributed by atoms with Crippen LogP contribution in [-0.2, 0) is 11.3 Å². The quantitative estimate of drug-likeness (QED) is 0.874. The number of nitrogens with one attached hydrogen (secondary N) is 1. The van der Waals surface area contributed by atoms with Crippen molar-refractivity contribution in [2.24, 2.45) is 0 Å². The minimum absolute atomic E-state index is 0.0212. The van der Waals surface area contributed by atoms with Crippen molar-refractivity contribution in [1.82, 2.24) is 20.0 Å². The molecule has 1 fully saturated rings. The van der Waals surface area contributed by atoms with Crippen LogP contribution in [0.2, 0.25) is 5.02 Å². The molecule has 2 aromatic rings. The summed E-state index contributed by atoms with van der Waals surface area (Å²) in [5.74, 6) is -0.299. The third-order valence-corrected chi connectivity index (χ3v) is 5.11. The Labute approximate surface area is 158 Å². The van der Waals surface area contributed by atoms with Crippen molar-refractivity contribution >= 4 is 23.4 Å². The summed E-state index contributed by atoms with van der Waals surface area (Å²) in [4.78, 5) is 26.5. The molecule has 6 nitrogen and oxygen atoms in total. The first-order valence-corrected chi connectivity index (χ1v) is 9.18. The van der Waals surface area contributed by atoms with E-state index in [1.165, 1.54) is 0 Å². The summed E-state index contributed by atoms with van der Waals surface area (Å²) >= 11 is 6.22. The summed E-state index contributed by atoms with van der Waals surface area (Å²) in [7, 11) is 0. The number of rotatable bonds is 5. The van der Waals surface area contributed by atoms with Gasteiger partial charge in [0.25, 0.3) is 5.91 Å². The smallest absolute Gasteiger partial charge is 0.255 e. The van der Waals surface area contributed by atoms with Gasteiger partial charge in [-0.05, 0) is 38.3 Å². The zero-order chi connectivity index (χ0) is 18.7. The van der Waals surface area contributed by atoms with Crippen molar-refractivity contribution < 1.29 is 9.59 Å². The lowest BCUT2D eigenvalue weighted by atomic mass is 10.1. The molecule has 7 heteroatoms. The third-order valence-electron chi connectivity index (χ3n) is 4.75. The van der Waals surface area contributed by atoms with Gasteiger partial charge in [-0.2, -0.15) is 5.10 Å². The fourth-order valence-electron chi connectivity index (χ4n) is 3.29. The molecular formula is C19H23ClN4O2. The van der Waals surface area contributed by atoms with Gasteiger partial charge in [0, 0.05) is 23.8 Å². The van der Waals surface area contributed by atoms with Crippen LogP contribution in [0.4, 0.5) is 0 Å². The molecule has 1 saturated heterocycles. The first-order chi connectivity index (χ1) is 12.5. The number of carbonyl (C=O) groups excluding carboxylic acids is 2. The van der Waals surface area contributed by atoms with Gasteiger partial charge in [-0.25, -0.2) is 0 Å². The first-order valence-electron chi connectivity index (χ1n) is 8.80. The Bertz CT molecular complexity index is 825. The maximum Gasteiger partial charge on any atom is 0.255 e. The van der Waals surface area contributed by atoms with Crippen LogP contribution in [0.1, 0.15) is 40.2 Å². The van der Waals surface area contributed by atoms with Crippen LogP contribution in [-0.4, -0.2) is 46.1 Å². The van der Waals surface area contributed by atoms with E-state index < -0.39 is 0 Å². The van der Waals surface area contributed by atoms with Crippen LogP contribution in [0.25, 0.3) is 0 Å². The molecule has 1 aromatic carbocycles. The maximum absolute atomic E-state index is 12.6. The number of amides is 2. The van der Waals surface area contributed by atoms with Crippen molar-refractivity contribution in [3.8, 4) is 0 Å². The van der Waals surface area contributed by atoms with E-state index in [1.54, 1.807) is 16.5 Å². The fraction of sp³-hybridized carbons (Fsp3) is 0.421. The summed E-state index contributed by atoms with van der Waals surface area (Å²) in [5, 5.41) is 7.88. The second kappa shape index (κ2) is 7.91. The zero-order valence-electron chi connectivity index (χ0n) is 15.1. The van der Waals surface area contributed by atoms with Gasteiger partial charge in [0.1, 0.15) is 0 Å². The molecule has 0 unspecified atom stereocenters. The fourth-order valence-corrected chi connectivity index (χ4v) is 3.49. The van der Waals surface area contributed by atoms with Crippen molar-refractivity contribution in [3.63, 3.8) is 0 Å². The predicted octanol–water partition coefficient (Wildman–Crippen LogP) is 2.55. The van der Waals surface area contributed by atoms with Gasteiger partial charge in [0.05, 0.1) is 24.3 Å². The highest BCUT2D eigenvalue weighted by molar-refractivity contribution is 6.31. The van der Waals surface area contributed by atoms with Gasteiger partial charge in [-0.3, -0.25) is 14.3 Å². The van der Waals surface area contributed by atoms with Crippen LogP contribution < -0.4 is 5.32 Å². The molecule has 138 valence electrons. The molecule has 2 amide bonds. The van der Waals surface area contributed by atoms with E-state index in [2.05, 4.69) is 10.4 Å². The molecule has 2 heterocycles. The van der Waals surface area contributed by atoms with Crippen LogP contribution in [0.3, 0.4) is 0 Å². The highest BCUT2D eigenvalue weighted by atomic mass is 35.5.